The van der Waals surface area contributed by atoms with E-state index in [1.807, 2.05) is 0 Å². The number of amides is 1. The van der Waals surface area contributed by atoms with Crippen LogP contribution in [0.5, 0.6) is 5.75 Å². The molecular weight excluding hydrogens is 254 g/mol. The minimum Gasteiger partial charge on any atom is -0.493 e. The van der Waals surface area contributed by atoms with Crippen molar-refractivity contribution >= 4 is 5.91 Å². The number of aliphatic hydroxyl groups excluding tert-OH is 1. The molecule has 2 atom stereocenters. The fourth-order valence-electron chi connectivity index (χ4n) is 3.36. The van der Waals surface area contributed by atoms with Crippen molar-refractivity contribution in [3.63, 3.8) is 0 Å². The summed E-state index contributed by atoms with van der Waals surface area (Å²) in [5.41, 5.74) is 4.29. The van der Waals surface area contributed by atoms with Gasteiger partial charge in [0, 0.05) is 18.5 Å². The van der Waals surface area contributed by atoms with Gasteiger partial charge in [-0.2, -0.15) is 0 Å². The summed E-state index contributed by atoms with van der Waals surface area (Å²) in [6.45, 7) is 2.90. The zero-order valence-corrected chi connectivity index (χ0v) is 11.8. The highest BCUT2D eigenvalue weighted by molar-refractivity contribution is 5.79. The lowest BCUT2D eigenvalue weighted by atomic mass is 9.92. The van der Waals surface area contributed by atoms with Crippen molar-refractivity contribution < 1.29 is 14.6 Å². The molecule has 1 aromatic carbocycles. The first-order chi connectivity index (χ1) is 9.66. The highest BCUT2D eigenvalue weighted by Gasteiger charge is 2.29. The molecule has 20 heavy (non-hydrogen) atoms. The molecule has 0 saturated heterocycles. The molecule has 3 rings (SSSR count). The van der Waals surface area contributed by atoms with Crippen LogP contribution in [0.1, 0.15) is 42.4 Å². The van der Waals surface area contributed by atoms with Crippen molar-refractivity contribution in [2.24, 2.45) is 0 Å². The number of nitrogens with one attached hydrogen (secondary N) is 1. The lowest BCUT2D eigenvalue weighted by Gasteiger charge is -2.15. The van der Waals surface area contributed by atoms with Crippen LogP contribution in [0, 0.1) is 0 Å². The van der Waals surface area contributed by atoms with E-state index < -0.39 is 6.10 Å². The molecule has 4 heteroatoms. The SMILES string of the molecule is CC(O)C(=O)NCC[C@@H]1CCc2ccc3c(c21)CCO3. The number of hydrogen-bond acceptors (Lipinski definition) is 3. The highest BCUT2D eigenvalue weighted by Crippen LogP contribution is 2.42. The molecule has 1 aliphatic carbocycles. The van der Waals surface area contributed by atoms with Gasteiger partial charge in [-0.3, -0.25) is 4.79 Å². The van der Waals surface area contributed by atoms with Crippen molar-refractivity contribution in [1.29, 1.82) is 0 Å². The van der Waals surface area contributed by atoms with E-state index in [0.29, 0.717) is 12.5 Å². The van der Waals surface area contributed by atoms with Crippen LogP contribution in [0.25, 0.3) is 0 Å². The van der Waals surface area contributed by atoms with Crippen LogP contribution in [0.15, 0.2) is 12.1 Å². The molecule has 4 nitrogen and oxygen atoms in total. The van der Waals surface area contributed by atoms with Gasteiger partial charge in [-0.25, -0.2) is 0 Å². The summed E-state index contributed by atoms with van der Waals surface area (Å²) in [6, 6.07) is 4.28. The van der Waals surface area contributed by atoms with Gasteiger partial charge in [-0.05, 0) is 49.3 Å². The van der Waals surface area contributed by atoms with Crippen LogP contribution in [-0.4, -0.2) is 30.3 Å². The number of aryl methyl sites for hydroxylation is 1. The molecule has 0 aromatic heterocycles. The topological polar surface area (TPSA) is 58.6 Å². The normalized spacial score (nSPS) is 21.0. The van der Waals surface area contributed by atoms with Crippen LogP contribution in [-0.2, 0) is 17.6 Å². The van der Waals surface area contributed by atoms with E-state index in [-0.39, 0.29) is 5.91 Å². The van der Waals surface area contributed by atoms with Crippen molar-refractivity contribution in [3.05, 3.63) is 28.8 Å². The zero-order chi connectivity index (χ0) is 14.1. The fraction of sp³-hybridized carbons (Fsp3) is 0.562. The summed E-state index contributed by atoms with van der Waals surface area (Å²) in [5, 5.41) is 12.0. The Morgan fingerprint density at radius 3 is 3.15 bits per heavy atom. The van der Waals surface area contributed by atoms with Crippen LogP contribution in [0.3, 0.4) is 0 Å². The number of aliphatic hydroxyl groups is 1. The smallest absolute Gasteiger partial charge is 0.248 e. The summed E-state index contributed by atoms with van der Waals surface area (Å²) in [6.07, 6.45) is 3.29. The van der Waals surface area contributed by atoms with E-state index in [4.69, 9.17) is 9.84 Å². The van der Waals surface area contributed by atoms with Gasteiger partial charge < -0.3 is 15.2 Å². The minimum atomic E-state index is -0.927. The predicted molar refractivity (Wildman–Crippen MR) is 76.0 cm³/mol. The van der Waals surface area contributed by atoms with Gasteiger partial charge in [-0.1, -0.05) is 6.07 Å². The van der Waals surface area contributed by atoms with Crippen LogP contribution in [0.2, 0.25) is 0 Å². The maximum absolute atomic E-state index is 11.4. The molecule has 2 aliphatic rings. The third-order valence-corrected chi connectivity index (χ3v) is 4.36. The summed E-state index contributed by atoms with van der Waals surface area (Å²) in [7, 11) is 0. The Hall–Kier alpha value is -1.55. The predicted octanol–water partition coefficient (Wildman–Crippen LogP) is 1.54. The molecule has 2 N–H and O–H groups in total. The first kappa shape index (κ1) is 13.4. The van der Waals surface area contributed by atoms with Gasteiger partial charge in [0.25, 0.3) is 0 Å². The third kappa shape index (κ3) is 2.40. The molecule has 1 aromatic rings. The molecule has 1 amide bonds. The van der Waals surface area contributed by atoms with Crippen LogP contribution < -0.4 is 10.1 Å². The molecule has 1 aliphatic heterocycles. The van der Waals surface area contributed by atoms with Gasteiger partial charge in [0.2, 0.25) is 5.91 Å². The standard InChI is InChI=1S/C16H21NO3/c1-10(18)16(19)17-8-6-12-3-2-11-4-5-14-13(15(11)12)7-9-20-14/h4-5,10,12,18H,2-3,6-9H2,1H3,(H,17,19)/t10?,12-/m0/s1. The van der Waals surface area contributed by atoms with Gasteiger partial charge in [-0.15, -0.1) is 0 Å². The number of hydrogen-bond donors (Lipinski definition) is 2. The first-order valence-electron chi connectivity index (χ1n) is 7.40. The average molecular weight is 275 g/mol. The third-order valence-electron chi connectivity index (χ3n) is 4.36. The number of ether oxygens (including phenoxy) is 1. The Bertz CT molecular complexity index is 525. The summed E-state index contributed by atoms with van der Waals surface area (Å²) >= 11 is 0. The molecule has 1 unspecified atom stereocenters. The number of carbonyl (C=O) groups is 1. The van der Waals surface area contributed by atoms with E-state index >= 15 is 0 Å². The number of benzene rings is 1. The molecule has 1 heterocycles. The van der Waals surface area contributed by atoms with Crippen molar-refractivity contribution in [2.45, 2.75) is 44.6 Å². The lowest BCUT2D eigenvalue weighted by molar-refractivity contribution is -0.128. The number of carbonyl (C=O) groups excluding carboxylic acids is 1. The highest BCUT2D eigenvalue weighted by atomic mass is 16.5. The quantitative estimate of drug-likeness (QED) is 0.876. The van der Waals surface area contributed by atoms with E-state index in [9.17, 15) is 4.79 Å². The molecule has 0 saturated carbocycles. The van der Waals surface area contributed by atoms with E-state index in [2.05, 4.69) is 17.4 Å². The van der Waals surface area contributed by atoms with Gasteiger partial charge in [0.05, 0.1) is 6.61 Å². The molecule has 0 fully saturated rings. The van der Waals surface area contributed by atoms with Crippen molar-refractivity contribution in [3.8, 4) is 5.75 Å². The van der Waals surface area contributed by atoms with Crippen molar-refractivity contribution in [2.75, 3.05) is 13.2 Å². The molecule has 0 bridgehead atoms. The lowest BCUT2D eigenvalue weighted by Crippen LogP contribution is -2.33. The Kier molecular flexibility index (Phi) is 3.66. The van der Waals surface area contributed by atoms with E-state index in [0.717, 1.165) is 38.0 Å². The van der Waals surface area contributed by atoms with Gasteiger partial charge in [0.15, 0.2) is 0 Å². The number of rotatable bonds is 4. The maximum Gasteiger partial charge on any atom is 0.248 e. The van der Waals surface area contributed by atoms with E-state index in [1.165, 1.54) is 23.6 Å². The second-order valence-electron chi connectivity index (χ2n) is 5.70. The second kappa shape index (κ2) is 5.44. The molecule has 108 valence electrons. The molecular formula is C16H21NO3. The summed E-state index contributed by atoms with van der Waals surface area (Å²) < 4.78 is 5.64. The van der Waals surface area contributed by atoms with Crippen LogP contribution >= 0.6 is 0 Å². The van der Waals surface area contributed by atoms with E-state index in [1.54, 1.807) is 0 Å². The monoisotopic (exact) mass is 275 g/mol. The fourth-order valence-corrected chi connectivity index (χ4v) is 3.36. The second-order valence-corrected chi connectivity index (χ2v) is 5.70. The molecule has 0 spiro atoms. The summed E-state index contributed by atoms with van der Waals surface area (Å²) in [5.74, 6) is 1.27. The Labute approximate surface area is 119 Å². The Morgan fingerprint density at radius 2 is 2.35 bits per heavy atom. The number of fused-ring (bicyclic) bond motifs is 3. The Balaban J connectivity index is 1.67. The van der Waals surface area contributed by atoms with Crippen molar-refractivity contribution in [1.82, 2.24) is 5.32 Å². The summed E-state index contributed by atoms with van der Waals surface area (Å²) in [4.78, 5) is 11.4. The first-order valence-corrected chi connectivity index (χ1v) is 7.40. The largest absolute Gasteiger partial charge is 0.493 e. The van der Waals surface area contributed by atoms with Crippen LogP contribution in [0.4, 0.5) is 0 Å². The molecule has 0 radical (unpaired) electrons. The van der Waals surface area contributed by atoms with Gasteiger partial charge in [0.1, 0.15) is 11.9 Å². The Morgan fingerprint density at radius 1 is 1.50 bits per heavy atom. The zero-order valence-electron chi connectivity index (χ0n) is 11.8. The minimum absolute atomic E-state index is 0.287. The van der Waals surface area contributed by atoms with Gasteiger partial charge >= 0.3 is 0 Å². The maximum atomic E-state index is 11.4. The average Bonchev–Trinajstić information content (AvgIpc) is 3.03.